The van der Waals surface area contributed by atoms with Crippen LogP contribution >= 0.6 is 0 Å². The SMILES string of the molecule is Nc1nnc([C@@]23COC[C@@H]2CN(C(=O)Cc2c(F)cccc2F)C3)o1. The van der Waals surface area contributed by atoms with Gasteiger partial charge in [-0.25, -0.2) is 8.78 Å². The van der Waals surface area contributed by atoms with Gasteiger partial charge in [-0.3, -0.25) is 4.79 Å². The fraction of sp³-hybridized carbons (Fsp3) is 0.438. The summed E-state index contributed by atoms with van der Waals surface area (Å²) in [5.74, 6) is -1.50. The average Bonchev–Trinajstić information content (AvgIpc) is 3.24. The zero-order chi connectivity index (χ0) is 17.6. The number of ether oxygens (including phenoxy) is 1. The third kappa shape index (κ3) is 2.55. The van der Waals surface area contributed by atoms with Crippen LogP contribution in [0.15, 0.2) is 22.6 Å². The Morgan fingerprint density at radius 3 is 2.80 bits per heavy atom. The van der Waals surface area contributed by atoms with Crippen molar-refractivity contribution in [1.82, 2.24) is 15.1 Å². The van der Waals surface area contributed by atoms with Crippen LogP contribution in [0.3, 0.4) is 0 Å². The molecule has 2 aliphatic heterocycles. The number of hydrogen-bond donors (Lipinski definition) is 1. The first-order valence-electron chi connectivity index (χ1n) is 7.87. The minimum absolute atomic E-state index is 0.0261. The minimum atomic E-state index is -0.726. The fourth-order valence-electron chi connectivity index (χ4n) is 3.63. The molecule has 7 nitrogen and oxygen atoms in total. The van der Waals surface area contributed by atoms with Gasteiger partial charge in [0.25, 0.3) is 0 Å². The Morgan fingerprint density at radius 1 is 1.36 bits per heavy atom. The second kappa shape index (κ2) is 5.76. The van der Waals surface area contributed by atoms with Gasteiger partial charge in [-0.2, -0.15) is 0 Å². The van der Waals surface area contributed by atoms with E-state index in [0.717, 1.165) is 12.1 Å². The van der Waals surface area contributed by atoms with Gasteiger partial charge in [0.05, 0.1) is 25.0 Å². The summed E-state index contributed by atoms with van der Waals surface area (Å²) >= 11 is 0. The summed E-state index contributed by atoms with van der Waals surface area (Å²) in [6.07, 6.45) is -0.339. The zero-order valence-electron chi connectivity index (χ0n) is 13.2. The first kappa shape index (κ1) is 15.9. The van der Waals surface area contributed by atoms with Crippen LogP contribution in [0.4, 0.5) is 14.8 Å². The number of anilines is 1. The molecule has 4 rings (SSSR count). The van der Waals surface area contributed by atoms with Gasteiger partial charge in [0.1, 0.15) is 11.6 Å². The Morgan fingerprint density at radius 2 is 2.12 bits per heavy atom. The monoisotopic (exact) mass is 350 g/mol. The van der Waals surface area contributed by atoms with Crippen molar-refractivity contribution < 1.29 is 22.7 Å². The van der Waals surface area contributed by atoms with Gasteiger partial charge in [-0.05, 0) is 12.1 Å². The molecule has 0 spiro atoms. The molecule has 0 bridgehead atoms. The van der Waals surface area contributed by atoms with Crippen molar-refractivity contribution >= 4 is 11.9 Å². The van der Waals surface area contributed by atoms with Gasteiger partial charge < -0.3 is 19.8 Å². The summed E-state index contributed by atoms with van der Waals surface area (Å²) in [6.45, 7) is 1.46. The number of nitrogen functional groups attached to an aromatic ring is 1. The number of rotatable bonds is 3. The van der Waals surface area contributed by atoms with Crippen LogP contribution < -0.4 is 5.73 Å². The van der Waals surface area contributed by atoms with Gasteiger partial charge in [0, 0.05) is 24.6 Å². The molecule has 132 valence electrons. The van der Waals surface area contributed by atoms with Crippen LogP contribution in [-0.4, -0.2) is 47.3 Å². The topological polar surface area (TPSA) is 94.5 Å². The lowest BCUT2D eigenvalue weighted by Crippen LogP contribution is -2.38. The van der Waals surface area contributed by atoms with Crippen molar-refractivity contribution in [3.63, 3.8) is 0 Å². The molecule has 3 heterocycles. The Hall–Kier alpha value is -2.55. The normalized spacial score (nSPS) is 25.4. The van der Waals surface area contributed by atoms with E-state index in [0.29, 0.717) is 25.6 Å². The van der Waals surface area contributed by atoms with Crippen molar-refractivity contribution in [2.75, 3.05) is 32.0 Å². The maximum Gasteiger partial charge on any atom is 0.312 e. The number of halogens is 2. The molecule has 2 N–H and O–H groups in total. The van der Waals surface area contributed by atoms with Crippen molar-refractivity contribution in [2.24, 2.45) is 5.92 Å². The van der Waals surface area contributed by atoms with Crippen LogP contribution in [0.5, 0.6) is 0 Å². The van der Waals surface area contributed by atoms with E-state index in [-0.39, 0.29) is 36.4 Å². The first-order chi connectivity index (χ1) is 12.0. The molecule has 1 aromatic carbocycles. The standard InChI is InChI=1S/C16H16F2N4O3/c17-11-2-1-3-12(18)10(11)4-13(23)22-5-9-6-24-8-16(9,7-22)14-20-21-15(19)25-14/h1-3,9H,4-8H2,(H2,19,21)/t9-,16-/m0/s1. The molecule has 2 atom stereocenters. The van der Waals surface area contributed by atoms with E-state index in [2.05, 4.69) is 10.2 Å². The number of carbonyl (C=O) groups excluding carboxylic acids is 1. The summed E-state index contributed by atoms with van der Waals surface area (Å²) in [6, 6.07) is 3.50. The Labute approximate surface area is 141 Å². The number of benzene rings is 1. The molecular weight excluding hydrogens is 334 g/mol. The Kier molecular flexibility index (Phi) is 3.68. The van der Waals surface area contributed by atoms with Crippen molar-refractivity contribution in [2.45, 2.75) is 11.8 Å². The largest absolute Gasteiger partial charge is 0.407 e. The van der Waals surface area contributed by atoms with E-state index in [1.807, 2.05) is 0 Å². The summed E-state index contributed by atoms with van der Waals surface area (Å²) in [5, 5.41) is 7.64. The molecule has 0 unspecified atom stereocenters. The van der Waals surface area contributed by atoms with E-state index in [1.165, 1.54) is 6.07 Å². The Bertz CT molecular complexity index is 807. The van der Waals surface area contributed by atoms with Crippen LogP contribution in [0, 0.1) is 17.6 Å². The fourth-order valence-corrected chi connectivity index (χ4v) is 3.63. The molecule has 2 aromatic rings. The minimum Gasteiger partial charge on any atom is -0.407 e. The van der Waals surface area contributed by atoms with E-state index in [4.69, 9.17) is 14.9 Å². The van der Waals surface area contributed by atoms with E-state index < -0.39 is 17.0 Å². The molecule has 2 fully saturated rings. The predicted molar refractivity (Wildman–Crippen MR) is 81.3 cm³/mol. The summed E-state index contributed by atoms with van der Waals surface area (Å²) in [7, 11) is 0. The highest BCUT2D eigenvalue weighted by atomic mass is 19.1. The van der Waals surface area contributed by atoms with Crippen LogP contribution in [-0.2, 0) is 21.4 Å². The zero-order valence-corrected chi connectivity index (χ0v) is 13.2. The summed E-state index contributed by atoms with van der Waals surface area (Å²) in [4.78, 5) is 14.2. The summed E-state index contributed by atoms with van der Waals surface area (Å²) < 4.78 is 38.5. The van der Waals surface area contributed by atoms with Crippen LogP contribution in [0.1, 0.15) is 11.5 Å². The Balaban J connectivity index is 1.56. The van der Waals surface area contributed by atoms with Gasteiger partial charge in [-0.1, -0.05) is 11.2 Å². The highest BCUT2D eigenvalue weighted by Crippen LogP contribution is 2.43. The molecule has 1 aromatic heterocycles. The van der Waals surface area contributed by atoms with Crippen LogP contribution in [0.2, 0.25) is 0 Å². The van der Waals surface area contributed by atoms with Crippen LogP contribution in [0.25, 0.3) is 0 Å². The lowest BCUT2D eigenvalue weighted by Gasteiger charge is -2.23. The predicted octanol–water partition coefficient (Wildman–Crippen LogP) is 0.899. The molecule has 0 aliphatic carbocycles. The number of carbonyl (C=O) groups is 1. The number of fused-ring (bicyclic) bond motifs is 1. The number of likely N-dealkylation sites (tertiary alicyclic amines) is 1. The highest BCUT2D eigenvalue weighted by molar-refractivity contribution is 5.79. The molecule has 9 heteroatoms. The van der Waals surface area contributed by atoms with Gasteiger partial charge in [0.2, 0.25) is 11.8 Å². The molecule has 0 radical (unpaired) electrons. The highest BCUT2D eigenvalue weighted by Gasteiger charge is 2.56. The second-order valence-electron chi connectivity index (χ2n) is 6.46. The van der Waals surface area contributed by atoms with Gasteiger partial charge in [0.15, 0.2) is 0 Å². The maximum atomic E-state index is 13.8. The lowest BCUT2D eigenvalue weighted by molar-refractivity contribution is -0.130. The first-order valence-corrected chi connectivity index (χ1v) is 7.87. The molecule has 2 saturated heterocycles. The molecule has 0 saturated carbocycles. The maximum absolute atomic E-state index is 13.8. The van der Waals surface area contributed by atoms with E-state index in [9.17, 15) is 13.6 Å². The van der Waals surface area contributed by atoms with Crippen molar-refractivity contribution in [1.29, 1.82) is 0 Å². The van der Waals surface area contributed by atoms with Crippen molar-refractivity contribution in [3.05, 3.63) is 41.3 Å². The number of amides is 1. The smallest absolute Gasteiger partial charge is 0.312 e. The number of hydrogen-bond acceptors (Lipinski definition) is 6. The molecule has 2 aliphatic rings. The molecule has 1 amide bonds. The third-order valence-electron chi connectivity index (χ3n) is 4.98. The number of aromatic nitrogens is 2. The molecular formula is C16H16F2N4O3. The molecule has 25 heavy (non-hydrogen) atoms. The lowest BCUT2D eigenvalue weighted by atomic mass is 9.81. The average molecular weight is 350 g/mol. The second-order valence-corrected chi connectivity index (χ2v) is 6.46. The van der Waals surface area contributed by atoms with Gasteiger partial charge in [-0.15, -0.1) is 5.10 Å². The quantitative estimate of drug-likeness (QED) is 0.884. The van der Waals surface area contributed by atoms with Gasteiger partial charge >= 0.3 is 6.01 Å². The number of nitrogens with zero attached hydrogens (tertiary/aromatic N) is 3. The van der Waals surface area contributed by atoms with Crippen molar-refractivity contribution in [3.8, 4) is 0 Å². The number of nitrogens with two attached hydrogens (primary N) is 1. The van der Waals surface area contributed by atoms with E-state index in [1.54, 1.807) is 4.90 Å². The third-order valence-corrected chi connectivity index (χ3v) is 4.98. The summed E-state index contributed by atoms with van der Waals surface area (Å²) in [5.41, 5.74) is 4.67. The van der Waals surface area contributed by atoms with E-state index >= 15 is 0 Å².